The Labute approximate surface area is 206 Å². The number of rotatable bonds is 9. The molecule has 0 bridgehead atoms. The van der Waals surface area contributed by atoms with Crippen LogP contribution in [0.25, 0.3) is 11.0 Å². The molecule has 188 valence electrons. The zero-order valence-electron chi connectivity index (χ0n) is 20.5. The van der Waals surface area contributed by atoms with E-state index in [9.17, 15) is 13.2 Å². The van der Waals surface area contributed by atoms with Gasteiger partial charge in [-0.2, -0.15) is 4.31 Å². The number of aryl methyl sites for hydroxylation is 1. The Balaban J connectivity index is 1.59. The average Bonchev–Trinajstić information content (AvgIpc) is 3.19. The summed E-state index contributed by atoms with van der Waals surface area (Å²) in [5.41, 5.74) is 3.00. The van der Waals surface area contributed by atoms with Gasteiger partial charge in [-0.25, -0.2) is 13.4 Å². The van der Waals surface area contributed by atoms with E-state index in [1.807, 2.05) is 31.2 Å². The maximum atomic E-state index is 13.4. The quantitative estimate of drug-likeness (QED) is 0.486. The molecular weight excluding hydrogens is 466 g/mol. The predicted octanol–water partition coefficient (Wildman–Crippen LogP) is 2.64. The SMILES string of the molecule is CCN(CC)S(=O)(=O)c1ccc(N2CCOCC2)c(C(=O)NCCn2c(C)nc3ccccc32)c1. The number of benzene rings is 2. The second-order valence-corrected chi connectivity index (χ2v) is 10.4. The van der Waals surface area contributed by atoms with Gasteiger partial charge in [-0.1, -0.05) is 26.0 Å². The minimum absolute atomic E-state index is 0.125. The van der Waals surface area contributed by atoms with E-state index in [0.717, 1.165) is 16.9 Å². The zero-order valence-corrected chi connectivity index (χ0v) is 21.3. The highest BCUT2D eigenvalue weighted by molar-refractivity contribution is 7.89. The van der Waals surface area contributed by atoms with Gasteiger partial charge >= 0.3 is 0 Å². The van der Waals surface area contributed by atoms with Crippen LogP contribution in [0.1, 0.15) is 30.0 Å². The number of amides is 1. The summed E-state index contributed by atoms with van der Waals surface area (Å²) in [6.45, 7) is 9.63. The number of anilines is 1. The molecule has 1 aliphatic rings. The van der Waals surface area contributed by atoms with E-state index >= 15 is 0 Å². The number of fused-ring (bicyclic) bond motifs is 1. The fourth-order valence-electron chi connectivity index (χ4n) is 4.50. The fraction of sp³-hybridized carbons (Fsp3) is 0.440. The lowest BCUT2D eigenvalue weighted by atomic mass is 10.1. The van der Waals surface area contributed by atoms with Crippen molar-refractivity contribution < 1.29 is 17.9 Å². The molecule has 2 aromatic carbocycles. The minimum Gasteiger partial charge on any atom is -0.378 e. The van der Waals surface area contributed by atoms with Gasteiger partial charge in [0.2, 0.25) is 10.0 Å². The van der Waals surface area contributed by atoms with E-state index in [-0.39, 0.29) is 10.8 Å². The van der Waals surface area contributed by atoms with Crippen LogP contribution in [0.15, 0.2) is 47.4 Å². The Morgan fingerprint density at radius 3 is 2.54 bits per heavy atom. The Bertz CT molecular complexity index is 1290. The van der Waals surface area contributed by atoms with Gasteiger partial charge < -0.3 is 19.5 Å². The summed E-state index contributed by atoms with van der Waals surface area (Å²) in [4.78, 5) is 20.1. The molecule has 0 aliphatic carbocycles. The number of carbonyl (C=O) groups excluding carboxylic acids is 1. The van der Waals surface area contributed by atoms with Crippen LogP contribution in [0, 0.1) is 6.92 Å². The van der Waals surface area contributed by atoms with Crippen LogP contribution in [-0.2, 0) is 21.3 Å². The second kappa shape index (κ2) is 10.8. The molecule has 35 heavy (non-hydrogen) atoms. The Hall–Kier alpha value is -2.95. The van der Waals surface area contributed by atoms with Gasteiger partial charge in [0, 0.05) is 45.0 Å². The molecule has 4 rings (SSSR count). The Morgan fingerprint density at radius 2 is 1.83 bits per heavy atom. The minimum atomic E-state index is -3.69. The van der Waals surface area contributed by atoms with Crippen LogP contribution in [-0.4, -0.2) is 74.1 Å². The van der Waals surface area contributed by atoms with E-state index in [1.165, 1.54) is 10.4 Å². The molecule has 1 saturated heterocycles. The number of morpholine rings is 1. The first-order chi connectivity index (χ1) is 16.9. The first kappa shape index (κ1) is 25.2. The molecule has 0 spiro atoms. The summed E-state index contributed by atoms with van der Waals surface area (Å²) in [5.74, 6) is 0.576. The molecule has 3 aromatic rings. The molecule has 0 radical (unpaired) electrons. The maximum absolute atomic E-state index is 13.4. The molecule has 2 heterocycles. The third-order valence-electron chi connectivity index (χ3n) is 6.37. The summed E-state index contributed by atoms with van der Waals surface area (Å²) in [6.07, 6.45) is 0. The third kappa shape index (κ3) is 5.19. The van der Waals surface area contributed by atoms with E-state index in [4.69, 9.17) is 4.74 Å². The van der Waals surface area contributed by atoms with E-state index < -0.39 is 10.0 Å². The number of aromatic nitrogens is 2. The summed E-state index contributed by atoms with van der Waals surface area (Å²) < 4.78 is 35.2. The Kier molecular flexibility index (Phi) is 7.73. The number of ether oxygens (including phenoxy) is 1. The Morgan fingerprint density at radius 1 is 1.11 bits per heavy atom. The van der Waals surface area contributed by atoms with E-state index in [2.05, 4.69) is 19.8 Å². The van der Waals surface area contributed by atoms with Crippen molar-refractivity contribution in [3.63, 3.8) is 0 Å². The average molecular weight is 500 g/mol. The van der Waals surface area contributed by atoms with Crippen molar-refractivity contribution in [3.05, 3.63) is 53.9 Å². The third-order valence-corrected chi connectivity index (χ3v) is 8.42. The molecule has 9 nitrogen and oxygen atoms in total. The highest BCUT2D eigenvalue weighted by atomic mass is 32.2. The molecule has 1 aromatic heterocycles. The molecule has 0 saturated carbocycles. The fourth-order valence-corrected chi connectivity index (χ4v) is 5.99. The molecule has 1 amide bonds. The van der Waals surface area contributed by atoms with Gasteiger partial charge in [0.25, 0.3) is 5.91 Å². The van der Waals surface area contributed by atoms with Crippen molar-refractivity contribution in [3.8, 4) is 0 Å². The van der Waals surface area contributed by atoms with Gasteiger partial charge in [-0.05, 0) is 37.3 Å². The van der Waals surface area contributed by atoms with Gasteiger partial charge in [-0.3, -0.25) is 4.79 Å². The van der Waals surface area contributed by atoms with E-state index in [0.29, 0.717) is 63.7 Å². The summed E-state index contributed by atoms with van der Waals surface area (Å²) >= 11 is 0. The number of hydrogen-bond donors (Lipinski definition) is 1. The number of nitrogens with one attached hydrogen (secondary N) is 1. The molecule has 0 atom stereocenters. The van der Waals surface area contributed by atoms with Crippen LogP contribution >= 0.6 is 0 Å². The van der Waals surface area contributed by atoms with Crippen molar-refractivity contribution in [2.24, 2.45) is 0 Å². The topological polar surface area (TPSA) is 96.8 Å². The van der Waals surface area contributed by atoms with Crippen LogP contribution in [0.2, 0.25) is 0 Å². The van der Waals surface area contributed by atoms with Crippen LogP contribution in [0.3, 0.4) is 0 Å². The number of nitrogens with zero attached hydrogens (tertiary/aromatic N) is 4. The lowest BCUT2D eigenvalue weighted by Crippen LogP contribution is -2.38. The van der Waals surface area contributed by atoms with Gasteiger partial charge in [0.1, 0.15) is 5.82 Å². The number of imidazole rings is 1. The first-order valence-electron chi connectivity index (χ1n) is 12.0. The monoisotopic (exact) mass is 499 g/mol. The normalized spacial score (nSPS) is 14.6. The molecule has 1 N–H and O–H groups in total. The van der Waals surface area contributed by atoms with Gasteiger partial charge in [0.15, 0.2) is 0 Å². The second-order valence-electron chi connectivity index (χ2n) is 8.42. The molecule has 0 unspecified atom stereocenters. The van der Waals surface area contributed by atoms with Crippen molar-refractivity contribution in [1.29, 1.82) is 0 Å². The van der Waals surface area contributed by atoms with Crippen LogP contribution in [0.5, 0.6) is 0 Å². The van der Waals surface area contributed by atoms with Gasteiger partial charge in [0.05, 0.1) is 34.7 Å². The largest absolute Gasteiger partial charge is 0.378 e. The smallest absolute Gasteiger partial charge is 0.253 e. The highest BCUT2D eigenvalue weighted by Crippen LogP contribution is 2.27. The molecule has 10 heteroatoms. The summed E-state index contributed by atoms with van der Waals surface area (Å²) in [5, 5.41) is 2.99. The van der Waals surface area contributed by atoms with Crippen LogP contribution in [0.4, 0.5) is 5.69 Å². The van der Waals surface area contributed by atoms with E-state index in [1.54, 1.807) is 26.0 Å². The summed E-state index contributed by atoms with van der Waals surface area (Å²) in [6, 6.07) is 12.7. The predicted molar refractivity (Wildman–Crippen MR) is 136 cm³/mol. The first-order valence-corrected chi connectivity index (χ1v) is 13.5. The number of sulfonamides is 1. The summed E-state index contributed by atoms with van der Waals surface area (Å²) in [7, 11) is -3.69. The van der Waals surface area contributed by atoms with Crippen molar-refractivity contribution in [2.45, 2.75) is 32.2 Å². The lowest BCUT2D eigenvalue weighted by Gasteiger charge is -2.30. The number of carbonyl (C=O) groups is 1. The van der Waals surface area contributed by atoms with Crippen LogP contribution < -0.4 is 10.2 Å². The van der Waals surface area contributed by atoms with Crippen molar-refractivity contribution in [2.75, 3.05) is 50.8 Å². The highest BCUT2D eigenvalue weighted by Gasteiger charge is 2.26. The number of para-hydroxylation sites is 2. The molecular formula is C25H33N5O4S. The molecule has 1 aliphatic heterocycles. The molecule has 1 fully saturated rings. The van der Waals surface area contributed by atoms with Gasteiger partial charge in [-0.15, -0.1) is 0 Å². The maximum Gasteiger partial charge on any atom is 0.253 e. The lowest BCUT2D eigenvalue weighted by molar-refractivity contribution is 0.0950. The van der Waals surface area contributed by atoms with Crippen molar-refractivity contribution >= 4 is 32.7 Å². The van der Waals surface area contributed by atoms with Crippen molar-refractivity contribution in [1.82, 2.24) is 19.2 Å². The number of hydrogen-bond acceptors (Lipinski definition) is 6. The zero-order chi connectivity index (χ0) is 25.0. The standard InChI is InChI=1S/C25H33N5O4S/c1-4-29(5-2)35(32,33)20-10-11-23(28-14-16-34-17-15-28)21(18-20)25(31)26-12-13-30-19(3)27-22-8-6-7-9-24(22)30/h6-11,18H,4-5,12-17H2,1-3H3,(H,26,31).